The molecule has 7 nitrogen and oxygen atoms in total. The second-order valence-electron chi connectivity index (χ2n) is 7.06. The van der Waals surface area contributed by atoms with E-state index in [4.69, 9.17) is 10.00 Å². The van der Waals surface area contributed by atoms with Crippen LogP contribution in [0, 0.1) is 25.2 Å². The van der Waals surface area contributed by atoms with Gasteiger partial charge in [0.25, 0.3) is 0 Å². The van der Waals surface area contributed by atoms with Gasteiger partial charge in [-0.2, -0.15) is 5.26 Å². The van der Waals surface area contributed by atoms with E-state index in [1.807, 2.05) is 42.7 Å². The molecular formula is C24H20BrN3O4. The number of hydrogen-bond donors (Lipinski definition) is 1. The number of ether oxygens (including phenoxy) is 1. The van der Waals surface area contributed by atoms with Gasteiger partial charge in [-0.05, 0) is 68.4 Å². The molecule has 0 atom stereocenters. The van der Waals surface area contributed by atoms with Gasteiger partial charge in [0.15, 0.2) is 6.61 Å². The fourth-order valence-electron chi connectivity index (χ4n) is 3.29. The molecule has 1 aromatic heterocycles. The van der Waals surface area contributed by atoms with Crippen LogP contribution in [0.2, 0.25) is 0 Å². The second-order valence-corrected chi connectivity index (χ2v) is 7.97. The highest BCUT2D eigenvalue weighted by molar-refractivity contribution is 9.10. The molecule has 162 valence electrons. The van der Waals surface area contributed by atoms with Crippen molar-refractivity contribution < 1.29 is 19.1 Å². The van der Waals surface area contributed by atoms with E-state index in [1.165, 1.54) is 24.3 Å². The number of nitrogens with one attached hydrogen (secondary N) is 1. The van der Waals surface area contributed by atoms with E-state index in [-0.39, 0.29) is 24.4 Å². The van der Waals surface area contributed by atoms with Crippen LogP contribution in [0.5, 0.6) is 0 Å². The van der Waals surface area contributed by atoms with Crippen LogP contribution in [0.1, 0.15) is 38.5 Å². The van der Waals surface area contributed by atoms with Gasteiger partial charge in [-0.3, -0.25) is 9.59 Å². The summed E-state index contributed by atoms with van der Waals surface area (Å²) in [4.78, 5) is 36.5. The van der Waals surface area contributed by atoms with Crippen LogP contribution in [-0.4, -0.2) is 28.8 Å². The number of halogens is 1. The van der Waals surface area contributed by atoms with E-state index >= 15 is 0 Å². The number of nitriles is 1. The number of Topliss-reactive ketones (excluding diaryl/α,β-unsaturated/α-hetero) is 1. The predicted molar refractivity (Wildman–Crippen MR) is 123 cm³/mol. The highest BCUT2D eigenvalue weighted by Gasteiger charge is 2.19. The average molecular weight is 494 g/mol. The molecule has 0 aliphatic heterocycles. The first-order valence-corrected chi connectivity index (χ1v) is 10.5. The lowest BCUT2D eigenvalue weighted by Crippen LogP contribution is -2.15. The average Bonchev–Trinajstić information content (AvgIpc) is 3.07. The summed E-state index contributed by atoms with van der Waals surface area (Å²) in [6.07, 6.45) is -0.256. The van der Waals surface area contributed by atoms with Crippen molar-refractivity contribution in [2.75, 3.05) is 11.9 Å². The first-order chi connectivity index (χ1) is 15.3. The summed E-state index contributed by atoms with van der Waals surface area (Å²) in [5.74, 6) is -1.38. The van der Waals surface area contributed by atoms with Crippen LogP contribution < -0.4 is 5.32 Å². The summed E-state index contributed by atoms with van der Waals surface area (Å²) >= 11 is 3.42. The summed E-state index contributed by atoms with van der Waals surface area (Å²) in [6, 6.07) is 17.3. The second kappa shape index (κ2) is 10.1. The number of aromatic nitrogens is 1. The van der Waals surface area contributed by atoms with Crippen LogP contribution >= 0.6 is 15.9 Å². The number of amides is 1. The topological polar surface area (TPSA) is 101 Å². The molecule has 3 aromatic rings. The fraction of sp³-hybridized carbons (Fsp3) is 0.167. The number of benzene rings is 2. The van der Waals surface area contributed by atoms with E-state index in [0.29, 0.717) is 11.3 Å². The minimum absolute atomic E-state index is 0.247. The third-order valence-corrected chi connectivity index (χ3v) is 5.32. The zero-order chi connectivity index (χ0) is 23.3. The number of aryl methyl sites for hydroxylation is 1. The Morgan fingerprint density at radius 3 is 2.34 bits per heavy atom. The largest absolute Gasteiger partial charge is 0.454 e. The third kappa shape index (κ3) is 5.31. The van der Waals surface area contributed by atoms with Gasteiger partial charge in [-0.15, -0.1) is 0 Å². The zero-order valence-corrected chi connectivity index (χ0v) is 19.1. The summed E-state index contributed by atoms with van der Waals surface area (Å²) in [5.41, 5.74) is 3.79. The molecule has 0 saturated carbocycles. The first-order valence-electron chi connectivity index (χ1n) is 9.72. The molecule has 2 aromatic carbocycles. The molecule has 1 N–H and O–H groups in total. The number of anilines is 1. The molecule has 0 spiro atoms. The van der Waals surface area contributed by atoms with E-state index in [0.717, 1.165) is 21.5 Å². The number of carbonyl (C=O) groups is 3. The summed E-state index contributed by atoms with van der Waals surface area (Å²) in [7, 11) is 0. The molecule has 0 bridgehead atoms. The van der Waals surface area contributed by atoms with Crippen molar-refractivity contribution in [3.8, 4) is 11.8 Å². The van der Waals surface area contributed by atoms with Gasteiger partial charge in [-0.1, -0.05) is 15.9 Å². The molecule has 0 radical (unpaired) electrons. The van der Waals surface area contributed by atoms with Gasteiger partial charge in [0, 0.05) is 32.8 Å². The Labute approximate surface area is 193 Å². The lowest BCUT2D eigenvalue weighted by atomic mass is 10.1. The zero-order valence-electron chi connectivity index (χ0n) is 17.5. The summed E-state index contributed by atoms with van der Waals surface area (Å²) in [5, 5.41) is 11.1. The van der Waals surface area contributed by atoms with Crippen molar-refractivity contribution in [1.29, 1.82) is 5.26 Å². The van der Waals surface area contributed by atoms with Gasteiger partial charge in [0.2, 0.25) is 11.7 Å². The van der Waals surface area contributed by atoms with Gasteiger partial charge in [0.05, 0.1) is 11.6 Å². The number of nitrogens with zero attached hydrogens (tertiary/aromatic N) is 2. The van der Waals surface area contributed by atoms with Crippen LogP contribution in [0.15, 0.2) is 59.1 Å². The minimum atomic E-state index is -0.644. The molecule has 0 aliphatic carbocycles. The number of ketones is 1. The SMILES string of the molecule is Cc1cc(C(=O)COC(=O)c2ccc(NC(=O)CC#N)cc2)c(C)n1-c1ccc(Br)cc1. The molecule has 0 aliphatic rings. The molecule has 0 saturated heterocycles. The van der Waals surface area contributed by atoms with Crippen LogP contribution in [0.4, 0.5) is 5.69 Å². The van der Waals surface area contributed by atoms with Crippen molar-refractivity contribution in [3.05, 3.63) is 81.6 Å². The molecule has 1 heterocycles. The Bertz CT molecular complexity index is 1210. The number of carbonyl (C=O) groups excluding carboxylic acids is 3. The highest BCUT2D eigenvalue weighted by atomic mass is 79.9. The van der Waals surface area contributed by atoms with Crippen LogP contribution in [0.25, 0.3) is 5.69 Å². The smallest absolute Gasteiger partial charge is 0.338 e. The molecule has 0 unspecified atom stereocenters. The van der Waals surface area contributed by atoms with Crippen molar-refractivity contribution in [2.24, 2.45) is 0 Å². The van der Waals surface area contributed by atoms with E-state index in [1.54, 1.807) is 12.1 Å². The Morgan fingerprint density at radius 1 is 1.06 bits per heavy atom. The van der Waals surface area contributed by atoms with Crippen molar-refractivity contribution in [1.82, 2.24) is 4.57 Å². The molecule has 8 heteroatoms. The normalized spacial score (nSPS) is 10.3. The van der Waals surface area contributed by atoms with Gasteiger partial charge in [-0.25, -0.2) is 4.79 Å². The molecular weight excluding hydrogens is 474 g/mol. The fourth-order valence-corrected chi connectivity index (χ4v) is 3.56. The Morgan fingerprint density at radius 2 is 1.72 bits per heavy atom. The Balaban J connectivity index is 1.65. The summed E-state index contributed by atoms with van der Waals surface area (Å²) < 4.78 is 8.13. The number of rotatable bonds is 7. The maximum atomic E-state index is 12.7. The molecule has 0 fully saturated rings. The first kappa shape index (κ1) is 23.0. The third-order valence-electron chi connectivity index (χ3n) is 4.79. The van der Waals surface area contributed by atoms with Crippen molar-refractivity contribution in [2.45, 2.75) is 20.3 Å². The number of esters is 1. The molecule has 1 amide bonds. The van der Waals surface area contributed by atoms with Gasteiger partial charge < -0.3 is 14.6 Å². The molecule has 3 rings (SSSR count). The predicted octanol–water partition coefficient (Wildman–Crippen LogP) is 4.75. The van der Waals surface area contributed by atoms with E-state index in [9.17, 15) is 14.4 Å². The van der Waals surface area contributed by atoms with Crippen LogP contribution in [-0.2, 0) is 9.53 Å². The lowest BCUT2D eigenvalue weighted by molar-refractivity contribution is -0.115. The van der Waals surface area contributed by atoms with Crippen molar-refractivity contribution >= 4 is 39.3 Å². The summed E-state index contributed by atoms with van der Waals surface area (Å²) in [6.45, 7) is 3.38. The Kier molecular flexibility index (Phi) is 7.23. The maximum absolute atomic E-state index is 12.7. The minimum Gasteiger partial charge on any atom is -0.454 e. The Hall–Kier alpha value is -3.70. The standard InChI is InChI=1S/C24H20BrN3O4/c1-15-13-21(16(2)28(15)20-9-5-18(25)6-10-20)22(29)14-32-24(31)17-3-7-19(8-4-17)27-23(30)11-12-26/h3-10,13H,11,14H2,1-2H3,(H,27,30). The van der Waals surface area contributed by atoms with Gasteiger partial charge >= 0.3 is 5.97 Å². The lowest BCUT2D eigenvalue weighted by Gasteiger charge is -2.10. The quantitative estimate of drug-likeness (QED) is 0.378. The maximum Gasteiger partial charge on any atom is 0.338 e. The highest BCUT2D eigenvalue weighted by Crippen LogP contribution is 2.23. The number of hydrogen-bond acceptors (Lipinski definition) is 5. The van der Waals surface area contributed by atoms with E-state index in [2.05, 4.69) is 21.2 Å². The monoisotopic (exact) mass is 493 g/mol. The van der Waals surface area contributed by atoms with Crippen molar-refractivity contribution in [3.63, 3.8) is 0 Å². The molecule has 32 heavy (non-hydrogen) atoms. The van der Waals surface area contributed by atoms with E-state index < -0.39 is 11.9 Å². The van der Waals surface area contributed by atoms with Gasteiger partial charge in [0.1, 0.15) is 6.42 Å². The van der Waals surface area contributed by atoms with Crippen LogP contribution in [0.3, 0.4) is 0 Å².